The van der Waals surface area contributed by atoms with E-state index < -0.39 is 11.4 Å². The summed E-state index contributed by atoms with van der Waals surface area (Å²) in [4.78, 5) is 27.9. The fourth-order valence-electron chi connectivity index (χ4n) is 3.42. The highest BCUT2D eigenvalue weighted by Gasteiger charge is 2.25. The van der Waals surface area contributed by atoms with Gasteiger partial charge in [-0.2, -0.15) is 0 Å². The predicted octanol–water partition coefficient (Wildman–Crippen LogP) is 4.09. The molecule has 0 aromatic heterocycles. The van der Waals surface area contributed by atoms with Gasteiger partial charge in [0.2, 0.25) is 0 Å². The van der Waals surface area contributed by atoms with Gasteiger partial charge in [-0.3, -0.25) is 4.79 Å². The number of hydrogen-bond acceptors (Lipinski definition) is 3. The van der Waals surface area contributed by atoms with Crippen LogP contribution in [0.3, 0.4) is 0 Å². The molecule has 1 aromatic carbocycles. The smallest absolute Gasteiger partial charge is 0.410 e. The molecule has 27 heavy (non-hydrogen) atoms. The number of halogens is 1. The third-order valence-electron chi connectivity index (χ3n) is 4.82. The topological polar surface area (TPSA) is 49.9 Å². The summed E-state index contributed by atoms with van der Waals surface area (Å²) in [5.41, 5.74) is 1.21. The van der Waals surface area contributed by atoms with Crippen LogP contribution in [0.15, 0.2) is 24.3 Å². The summed E-state index contributed by atoms with van der Waals surface area (Å²) in [6.45, 7) is 7.85. The summed E-state index contributed by atoms with van der Waals surface area (Å²) in [7, 11) is 0. The van der Waals surface area contributed by atoms with Gasteiger partial charge in [0, 0.05) is 37.3 Å². The fraction of sp³-hybridized carbons (Fsp3) is 0.524. The van der Waals surface area contributed by atoms with Crippen LogP contribution in [0, 0.1) is 5.82 Å². The Morgan fingerprint density at radius 1 is 1.07 bits per heavy atom. The van der Waals surface area contributed by atoms with Gasteiger partial charge < -0.3 is 14.5 Å². The van der Waals surface area contributed by atoms with Crippen LogP contribution in [0.2, 0.25) is 0 Å². The molecule has 2 amide bonds. The second-order valence-electron chi connectivity index (χ2n) is 8.10. The van der Waals surface area contributed by atoms with Gasteiger partial charge >= 0.3 is 6.09 Å². The van der Waals surface area contributed by atoms with Crippen LogP contribution in [0.4, 0.5) is 9.18 Å². The second-order valence-corrected chi connectivity index (χ2v) is 8.10. The van der Waals surface area contributed by atoms with Gasteiger partial charge in [0.1, 0.15) is 11.4 Å². The van der Waals surface area contributed by atoms with Gasteiger partial charge in [0.05, 0.1) is 0 Å². The SMILES string of the molecule is CC(C)(C)OC(=O)N1CC=C(c2ccc(C(=O)N3CCCC3)cc2F)CC1. The van der Waals surface area contributed by atoms with Crippen molar-refractivity contribution in [2.24, 2.45) is 0 Å². The number of hydrogen-bond donors (Lipinski definition) is 0. The van der Waals surface area contributed by atoms with Crippen LogP contribution >= 0.6 is 0 Å². The molecule has 5 nitrogen and oxygen atoms in total. The zero-order valence-corrected chi connectivity index (χ0v) is 16.3. The molecule has 146 valence electrons. The summed E-state index contributed by atoms with van der Waals surface area (Å²) in [5, 5.41) is 0. The Bertz CT molecular complexity index is 761. The molecule has 1 fully saturated rings. The lowest BCUT2D eigenvalue weighted by Crippen LogP contribution is -2.39. The minimum Gasteiger partial charge on any atom is -0.444 e. The van der Waals surface area contributed by atoms with E-state index >= 15 is 0 Å². The molecule has 1 saturated heterocycles. The molecule has 2 heterocycles. The Labute approximate surface area is 159 Å². The van der Waals surface area contributed by atoms with Crippen LogP contribution in [0.5, 0.6) is 0 Å². The van der Waals surface area contributed by atoms with Crippen LogP contribution in [-0.4, -0.2) is 53.6 Å². The molecule has 0 spiro atoms. The molecule has 3 rings (SSSR count). The molecular weight excluding hydrogens is 347 g/mol. The molecule has 0 aliphatic carbocycles. The quantitative estimate of drug-likeness (QED) is 0.784. The number of ether oxygens (including phenoxy) is 1. The van der Waals surface area contributed by atoms with Crippen molar-refractivity contribution in [1.29, 1.82) is 0 Å². The van der Waals surface area contributed by atoms with Crippen molar-refractivity contribution in [3.8, 4) is 0 Å². The first-order valence-corrected chi connectivity index (χ1v) is 9.51. The Morgan fingerprint density at radius 3 is 2.33 bits per heavy atom. The third-order valence-corrected chi connectivity index (χ3v) is 4.82. The summed E-state index contributed by atoms with van der Waals surface area (Å²) in [5.74, 6) is -0.497. The maximum absolute atomic E-state index is 14.6. The first kappa shape index (κ1) is 19.4. The maximum atomic E-state index is 14.6. The van der Waals surface area contributed by atoms with E-state index in [9.17, 15) is 14.0 Å². The van der Waals surface area contributed by atoms with Crippen LogP contribution < -0.4 is 0 Å². The Hall–Kier alpha value is -2.37. The zero-order chi connectivity index (χ0) is 19.6. The second kappa shape index (κ2) is 7.71. The van der Waals surface area contributed by atoms with Crippen LogP contribution in [-0.2, 0) is 4.74 Å². The number of rotatable bonds is 2. The molecule has 0 atom stereocenters. The lowest BCUT2D eigenvalue weighted by atomic mass is 9.97. The summed E-state index contributed by atoms with van der Waals surface area (Å²) >= 11 is 0. The summed E-state index contributed by atoms with van der Waals surface area (Å²) in [6, 6.07) is 4.70. The predicted molar refractivity (Wildman–Crippen MR) is 102 cm³/mol. The van der Waals surface area contributed by atoms with Gasteiger partial charge in [0.25, 0.3) is 5.91 Å². The number of amides is 2. The van der Waals surface area contributed by atoms with Gasteiger partial charge in [-0.25, -0.2) is 9.18 Å². The molecule has 2 aliphatic heterocycles. The van der Waals surface area contributed by atoms with Crippen LogP contribution in [0.25, 0.3) is 5.57 Å². The van der Waals surface area contributed by atoms with E-state index in [2.05, 4.69) is 0 Å². The zero-order valence-electron chi connectivity index (χ0n) is 16.3. The van der Waals surface area contributed by atoms with E-state index in [1.807, 2.05) is 26.8 Å². The molecule has 1 aromatic rings. The van der Waals surface area contributed by atoms with E-state index in [4.69, 9.17) is 4.74 Å². The first-order chi connectivity index (χ1) is 12.7. The van der Waals surface area contributed by atoms with E-state index in [1.54, 1.807) is 21.9 Å². The number of nitrogens with zero attached hydrogens (tertiary/aromatic N) is 2. The maximum Gasteiger partial charge on any atom is 0.410 e. The van der Waals surface area contributed by atoms with E-state index in [1.165, 1.54) is 6.07 Å². The largest absolute Gasteiger partial charge is 0.444 e. The van der Waals surface area contributed by atoms with Crippen molar-refractivity contribution in [2.45, 2.75) is 45.6 Å². The van der Waals surface area contributed by atoms with Crippen molar-refractivity contribution in [3.05, 3.63) is 41.2 Å². The van der Waals surface area contributed by atoms with Gasteiger partial charge in [-0.15, -0.1) is 0 Å². The average Bonchev–Trinajstić information content (AvgIpc) is 3.14. The van der Waals surface area contributed by atoms with E-state index in [0.29, 0.717) is 30.6 Å². The number of carbonyl (C=O) groups excluding carboxylic acids is 2. The summed E-state index contributed by atoms with van der Waals surface area (Å²) in [6.07, 6.45) is 4.06. The fourth-order valence-corrected chi connectivity index (χ4v) is 3.42. The molecular formula is C21H27FN2O3. The Kier molecular flexibility index (Phi) is 5.53. The minimum absolute atomic E-state index is 0.105. The van der Waals surface area contributed by atoms with Gasteiger partial charge in [0.15, 0.2) is 0 Å². The lowest BCUT2D eigenvalue weighted by molar-refractivity contribution is 0.0270. The monoisotopic (exact) mass is 374 g/mol. The molecule has 0 bridgehead atoms. The molecule has 6 heteroatoms. The molecule has 0 N–H and O–H groups in total. The summed E-state index contributed by atoms with van der Waals surface area (Å²) < 4.78 is 20.0. The molecule has 0 unspecified atom stereocenters. The number of likely N-dealkylation sites (tertiary alicyclic amines) is 1. The highest BCUT2D eigenvalue weighted by atomic mass is 19.1. The van der Waals surface area contributed by atoms with Crippen molar-refractivity contribution >= 4 is 17.6 Å². The van der Waals surface area contributed by atoms with Crippen LogP contribution in [0.1, 0.15) is 56.0 Å². The number of carbonyl (C=O) groups is 2. The van der Waals surface area contributed by atoms with E-state index in [0.717, 1.165) is 31.5 Å². The van der Waals surface area contributed by atoms with Gasteiger partial charge in [-0.05, 0) is 57.7 Å². The Morgan fingerprint density at radius 2 is 1.78 bits per heavy atom. The standard InChI is InChI=1S/C21H27FN2O3/c1-21(2,3)27-20(26)24-12-8-15(9-13-24)17-7-6-16(14-18(17)22)19(25)23-10-4-5-11-23/h6-8,14H,4-5,9-13H2,1-3H3. The average molecular weight is 374 g/mol. The number of benzene rings is 1. The first-order valence-electron chi connectivity index (χ1n) is 9.51. The van der Waals surface area contributed by atoms with E-state index in [-0.39, 0.29) is 12.0 Å². The van der Waals surface area contributed by atoms with Crippen molar-refractivity contribution in [3.63, 3.8) is 0 Å². The van der Waals surface area contributed by atoms with Gasteiger partial charge in [-0.1, -0.05) is 12.1 Å². The highest BCUT2D eigenvalue weighted by Crippen LogP contribution is 2.27. The molecule has 2 aliphatic rings. The van der Waals surface area contributed by atoms with Crippen molar-refractivity contribution in [2.75, 3.05) is 26.2 Å². The Balaban J connectivity index is 1.68. The normalized spacial score (nSPS) is 17.7. The molecule has 0 radical (unpaired) electrons. The minimum atomic E-state index is -0.537. The molecule has 0 saturated carbocycles. The highest BCUT2D eigenvalue weighted by molar-refractivity contribution is 5.94. The lowest BCUT2D eigenvalue weighted by Gasteiger charge is -2.29. The van der Waals surface area contributed by atoms with Crippen molar-refractivity contribution < 1.29 is 18.7 Å². The van der Waals surface area contributed by atoms with Crippen molar-refractivity contribution in [1.82, 2.24) is 9.80 Å². The third kappa shape index (κ3) is 4.67.